The second-order valence-corrected chi connectivity index (χ2v) is 12.5. The fourth-order valence-corrected chi connectivity index (χ4v) is 3.37. The lowest BCUT2D eigenvalue weighted by Gasteiger charge is -2.40. The summed E-state index contributed by atoms with van der Waals surface area (Å²) in [5, 5.41) is 18.4. The Morgan fingerprint density at radius 3 is 2.05 bits per heavy atom. The zero-order chi connectivity index (χ0) is 16.8. The van der Waals surface area contributed by atoms with E-state index in [1.165, 1.54) is 0 Å². The molecular formula is C16H34O4Si. The van der Waals surface area contributed by atoms with E-state index >= 15 is 0 Å². The first kappa shape index (κ1) is 20.6. The molecule has 0 spiro atoms. The molecule has 0 rings (SSSR count). The van der Waals surface area contributed by atoms with Gasteiger partial charge in [0.1, 0.15) is 0 Å². The van der Waals surface area contributed by atoms with E-state index in [9.17, 15) is 9.90 Å². The van der Waals surface area contributed by atoms with Crippen LogP contribution in [-0.4, -0.2) is 37.2 Å². The highest BCUT2D eigenvalue weighted by atomic mass is 28.4. The molecule has 126 valence electrons. The number of aliphatic carboxylic acids is 1. The van der Waals surface area contributed by atoms with Crippen molar-refractivity contribution in [1.82, 2.24) is 0 Å². The molecule has 0 unspecified atom stereocenters. The van der Waals surface area contributed by atoms with E-state index in [1.807, 2.05) is 0 Å². The summed E-state index contributed by atoms with van der Waals surface area (Å²) in [5.41, 5.74) is 0. The van der Waals surface area contributed by atoms with Crippen LogP contribution in [0.4, 0.5) is 0 Å². The molecule has 3 atom stereocenters. The maximum atomic E-state index is 11.3. The minimum Gasteiger partial charge on any atom is -0.481 e. The van der Waals surface area contributed by atoms with Gasteiger partial charge in [0.05, 0.1) is 12.0 Å². The maximum Gasteiger partial charge on any atom is 0.308 e. The van der Waals surface area contributed by atoms with Crippen LogP contribution in [0.3, 0.4) is 0 Å². The minimum atomic E-state index is -1.98. The van der Waals surface area contributed by atoms with Crippen LogP contribution < -0.4 is 0 Å². The molecule has 0 aromatic rings. The van der Waals surface area contributed by atoms with Crippen LogP contribution in [0.2, 0.25) is 18.1 Å². The molecular weight excluding hydrogens is 284 g/mol. The van der Waals surface area contributed by atoms with Gasteiger partial charge < -0.3 is 14.6 Å². The topological polar surface area (TPSA) is 66.8 Å². The Morgan fingerprint density at radius 2 is 1.67 bits per heavy atom. The first-order valence-electron chi connectivity index (χ1n) is 7.94. The molecule has 0 aliphatic heterocycles. The third kappa shape index (κ3) is 6.93. The van der Waals surface area contributed by atoms with Gasteiger partial charge in [-0.1, -0.05) is 27.7 Å². The quantitative estimate of drug-likeness (QED) is 0.633. The third-order valence-corrected chi connectivity index (χ3v) is 9.27. The zero-order valence-electron chi connectivity index (χ0n) is 14.8. The maximum absolute atomic E-state index is 11.3. The first-order valence-corrected chi connectivity index (χ1v) is 10.8. The molecule has 21 heavy (non-hydrogen) atoms. The summed E-state index contributed by atoms with van der Waals surface area (Å²) < 4.78 is 6.35. The van der Waals surface area contributed by atoms with Crippen LogP contribution in [0.5, 0.6) is 0 Å². The summed E-state index contributed by atoms with van der Waals surface area (Å²) in [6, 6.07) is 0. The van der Waals surface area contributed by atoms with Crippen LogP contribution in [0, 0.1) is 11.8 Å². The molecule has 0 aromatic heterocycles. The minimum absolute atomic E-state index is 0.0696. The van der Waals surface area contributed by atoms with E-state index in [0.29, 0.717) is 5.92 Å². The standard InChI is InChI=1S/C16H34O4Si/c1-12(10-11-17)8-9-14(13(2)15(18)19)20-21(6,7)16(3,4)5/h12-14,17H,8-11H2,1-7H3,(H,18,19)/t12-,13+,14-/m0/s1. The highest BCUT2D eigenvalue weighted by molar-refractivity contribution is 6.74. The third-order valence-electron chi connectivity index (χ3n) is 4.77. The number of aliphatic hydroxyl groups is 1. The van der Waals surface area contributed by atoms with Crippen molar-refractivity contribution >= 4 is 14.3 Å². The van der Waals surface area contributed by atoms with E-state index in [0.717, 1.165) is 19.3 Å². The lowest BCUT2D eigenvalue weighted by atomic mass is 9.94. The van der Waals surface area contributed by atoms with Crippen molar-refractivity contribution in [3.05, 3.63) is 0 Å². The Kier molecular flexibility index (Phi) is 8.14. The van der Waals surface area contributed by atoms with Crippen molar-refractivity contribution in [3.8, 4) is 0 Å². The van der Waals surface area contributed by atoms with Crippen molar-refractivity contribution in [2.75, 3.05) is 6.61 Å². The molecule has 0 aliphatic rings. The predicted octanol–water partition coefficient (Wildman–Crippen LogP) is 3.90. The van der Waals surface area contributed by atoms with Crippen LogP contribution in [0.15, 0.2) is 0 Å². The van der Waals surface area contributed by atoms with E-state index in [2.05, 4.69) is 40.8 Å². The van der Waals surface area contributed by atoms with Crippen molar-refractivity contribution in [2.45, 2.75) is 78.1 Å². The van der Waals surface area contributed by atoms with Gasteiger partial charge in [-0.2, -0.15) is 0 Å². The molecule has 0 bridgehead atoms. The lowest BCUT2D eigenvalue weighted by molar-refractivity contribution is -0.144. The fraction of sp³-hybridized carbons (Fsp3) is 0.938. The molecule has 0 saturated carbocycles. The summed E-state index contributed by atoms with van der Waals surface area (Å²) in [4.78, 5) is 11.3. The molecule has 5 heteroatoms. The molecule has 0 radical (unpaired) electrons. The summed E-state index contributed by atoms with van der Waals surface area (Å²) in [6.07, 6.45) is 2.14. The highest BCUT2D eigenvalue weighted by Crippen LogP contribution is 2.38. The van der Waals surface area contributed by atoms with Gasteiger partial charge in [-0.25, -0.2) is 0 Å². The number of carbonyl (C=O) groups is 1. The highest BCUT2D eigenvalue weighted by Gasteiger charge is 2.41. The van der Waals surface area contributed by atoms with Gasteiger partial charge in [0.2, 0.25) is 0 Å². The summed E-state index contributed by atoms with van der Waals surface area (Å²) in [6.45, 7) is 14.8. The van der Waals surface area contributed by atoms with Crippen molar-refractivity contribution < 1.29 is 19.4 Å². The summed E-state index contributed by atoms with van der Waals surface area (Å²) in [7, 11) is -1.98. The molecule has 0 amide bonds. The molecule has 0 fully saturated rings. The van der Waals surface area contributed by atoms with Gasteiger partial charge in [0, 0.05) is 6.61 Å². The summed E-state index contributed by atoms with van der Waals surface area (Å²) in [5.74, 6) is -0.907. The average Bonchev–Trinajstić information content (AvgIpc) is 2.32. The average molecular weight is 319 g/mol. The number of hydrogen-bond donors (Lipinski definition) is 2. The fourth-order valence-electron chi connectivity index (χ4n) is 1.94. The first-order chi connectivity index (χ1) is 9.42. The Hall–Kier alpha value is -0.393. The number of aliphatic hydroxyl groups excluding tert-OH is 1. The summed E-state index contributed by atoms with van der Waals surface area (Å²) >= 11 is 0. The van der Waals surface area contributed by atoms with Gasteiger partial charge in [-0.05, 0) is 50.2 Å². The number of carboxylic acid groups (broad SMARTS) is 1. The normalized spacial score (nSPS) is 17.3. The van der Waals surface area contributed by atoms with Crippen molar-refractivity contribution in [1.29, 1.82) is 0 Å². The Morgan fingerprint density at radius 1 is 1.14 bits per heavy atom. The SMILES string of the molecule is C[C@H](CCO)CC[C@H](O[Si](C)(C)C(C)(C)C)[C@@H](C)C(=O)O. The van der Waals surface area contributed by atoms with Gasteiger partial charge >= 0.3 is 5.97 Å². The van der Waals surface area contributed by atoms with Crippen molar-refractivity contribution in [3.63, 3.8) is 0 Å². The van der Waals surface area contributed by atoms with Crippen molar-refractivity contribution in [2.24, 2.45) is 11.8 Å². The van der Waals surface area contributed by atoms with Crippen LogP contribution in [0.25, 0.3) is 0 Å². The van der Waals surface area contributed by atoms with Crippen LogP contribution in [0.1, 0.15) is 53.9 Å². The smallest absolute Gasteiger partial charge is 0.308 e. The van der Waals surface area contributed by atoms with E-state index in [4.69, 9.17) is 9.53 Å². The second-order valence-electron chi connectivity index (χ2n) is 7.74. The van der Waals surface area contributed by atoms with E-state index in [1.54, 1.807) is 6.92 Å². The van der Waals surface area contributed by atoms with Gasteiger partial charge in [-0.3, -0.25) is 4.79 Å². The van der Waals surface area contributed by atoms with E-state index < -0.39 is 20.2 Å². The lowest BCUT2D eigenvalue weighted by Crippen LogP contribution is -2.46. The van der Waals surface area contributed by atoms with Gasteiger partial charge in [0.15, 0.2) is 8.32 Å². The number of rotatable bonds is 9. The molecule has 0 aromatic carbocycles. The zero-order valence-corrected chi connectivity index (χ0v) is 15.8. The Bertz CT molecular complexity index is 323. The largest absolute Gasteiger partial charge is 0.481 e. The number of carboxylic acids is 1. The van der Waals surface area contributed by atoms with Crippen LogP contribution >= 0.6 is 0 Å². The number of hydrogen-bond acceptors (Lipinski definition) is 3. The molecule has 0 saturated heterocycles. The monoisotopic (exact) mass is 318 g/mol. The molecule has 0 aliphatic carbocycles. The van der Waals surface area contributed by atoms with Crippen LogP contribution in [-0.2, 0) is 9.22 Å². The molecule has 0 heterocycles. The van der Waals surface area contributed by atoms with Gasteiger partial charge in [0.25, 0.3) is 0 Å². The second kappa shape index (κ2) is 8.29. The van der Waals surface area contributed by atoms with Gasteiger partial charge in [-0.15, -0.1) is 0 Å². The Labute approximate surface area is 131 Å². The Balaban J connectivity index is 4.87. The molecule has 2 N–H and O–H groups in total. The predicted molar refractivity (Wildman–Crippen MR) is 89.0 cm³/mol. The van der Waals surface area contributed by atoms with E-state index in [-0.39, 0.29) is 17.7 Å². The molecule has 4 nitrogen and oxygen atoms in total.